The summed E-state index contributed by atoms with van der Waals surface area (Å²) in [7, 11) is 1.12. The van der Waals surface area contributed by atoms with Crippen LogP contribution in [0.3, 0.4) is 0 Å². The standard InChI is InChI=1S/C12H10F3NO2S/c1-3-9-8(6-16)4-7(11(17)18-2)5-10(9)19-12(13,14)15/h4-5H,3H2,1-2H3. The Morgan fingerprint density at radius 3 is 2.53 bits per heavy atom. The van der Waals surface area contributed by atoms with Crippen molar-refractivity contribution in [3.63, 3.8) is 0 Å². The molecule has 0 heterocycles. The number of carbonyl (C=O) groups excluding carboxylic acids is 1. The van der Waals surface area contributed by atoms with Crippen LogP contribution in [0.2, 0.25) is 0 Å². The highest BCUT2D eigenvalue weighted by atomic mass is 32.2. The van der Waals surface area contributed by atoms with E-state index in [1.54, 1.807) is 13.0 Å². The van der Waals surface area contributed by atoms with E-state index < -0.39 is 11.5 Å². The number of hydrogen-bond acceptors (Lipinski definition) is 4. The van der Waals surface area contributed by atoms with E-state index in [1.807, 2.05) is 0 Å². The van der Waals surface area contributed by atoms with Gasteiger partial charge in [-0.3, -0.25) is 0 Å². The van der Waals surface area contributed by atoms with Crippen LogP contribution in [0, 0.1) is 11.3 Å². The number of nitriles is 1. The summed E-state index contributed by atoms with van der Waals surface area (Å²) < 4.78 is 41.9. The summed E-state index contributed by atoms with van der Waals surface area (Å²) in [5.41, 5.74) is -4.22. The average molecular weight is 289 g/mol. The van der Waals surface area contributed by atoms with Crippen LogP contribution in [0.15, 0.2) is 17.0 Å². The van der Waals surface area contributed by atoms with E-state index >= 15 is 0 Å². The van der Waals surface area contributed by atoms with Crippen LogP contribution in [0.4, 0.5) is 13.2 Å². The molecule has 0 aliphatic heterocycles. The highest BCUT2D eigenvalue weighted by molar-refractivity contribution is 8.00. The van der Waals surface area contributed by atoms with Crippen molar-refractivity contribution < 1.29 is 22.7 Å². The van der Waals surface area contributed by atoms with Crippen LogP contribution in [-0.4, -0.2) is 18.6 Å². The van der Waals surface area contributed by atoms with Gasteiger partial charge in [0.25, 0.3) is 0 Å². The molecule has 0 atom stereocenters. The van der Waals surface area contributed by atoms with Crippen molar-refractivity contribution in [3.05, 3.63) is 28.8 Å². The molecular formula is C12H10F3NO2S. The van der Waals surface area contributed by atoms with E-state index in [2.05, 4.69) is 4.74 Å². The number of esters is 1. The van der Waals surface area contributed by atoms with E-state index in [0.717, 1.165) is 13.2 Å². The van der Waals surface area contributed by atoms with E-state index in [-0.39, 0.29) is 39.8 Å². The second-order valence-electron chi connectivity index (χ2n) is 3.51. The van der Waals surface area contributed by atoms with Crippen molar-refractivity contribution in [1.29, 1.82) is 5.26 Å². The van der Waals surface area contributed by atoms with Gasteiger partial charge in [-0.2, -0.15) is 18.4 Å². The van der Waals surface area contributed by atoms with Gasteiger partial charge in [-0.15, -0.1) is 0 Å². The molecule has 0 amide bonds. The minimum atomic E-state index is -4.48. The topological polar surface area (TPSA) is 50.1 Å². The van der Waals surface area contributed by atoms with Crippen molar-refractivity contribution >= 4 is 17.7 Å². The number of nitrogens with zero attached hydrogens (tertiary/aromatic N) is 1. The largest absolute Gasteiger partial charge is 0.465 e. The summed E-state index contributed by atoms with van der Waals surface area (Å²) in [6.45, 7) is 1.65. The molecule has 1 aromatic carbocycles. The molecule has 19 heavy (non-hydrogen) atoms. The molecule has 0 fully saturated rings. The molecule has 0 aromatic heterocycles. The lowest BCUT2D eigenvalue weighted by molar-refractivity contribution is -0.0328. The van der Waals surface area contributed by atoms with Crippen LogP contribution >= 0.6 is 11.8 Å². The van der Waals surface area contributed by atoms with Gasteiger partial charge in [-0.25, -0.2) is 4.79 Å². The van der Waals surface area contributed by atoms with Crippen LogP contribution < -0.4 is 0 Å². The average Bonchev–Trinajstić information content (AvgIpc) is 2.34. The Hall–Kier alpha value is -1.68. The number of carbonyl (C=O) groups is 1. The molecule has 1 aromatic rings. The molecule has 0 radical (unpaired) electrons. The first kappa shape index (κ1) is 15.4. The smallest absolute Gasteiger partial charge is 0.446 e. The zero-order valence-electron chi connectivity index (χ0n) is 10.2. The summed E-state index contributed by atoms with van der Waals surface area (Å²) in [5.74, 6) is -0.775. The zero-order valence-corrected chi connectivity index (χ0v) is 11.0. The fraction of sp³-hybridized carbons (Fsp3) is 0.333. The quantitative estimate of drug-likeness (QED) is 0.631. The monoisotopic (exact) mass is 289 g/mol. The molecule has 7 heteroatoms. The van der Waals surface area contributed by atoms with Gasteiger partial charge in [0.05, 0.1) is 24.3 Å². The Bertz CT molecular complexity index is 535. The molecule has 0 bridgehead atoms. The fourth-order valence-corrected chi connectivity index (χ4v) is 2.37. The van der Waals surface area contributed by atoms with E-state index in [4.69, 9.17) is 5.26 Å². The van der Waals surface area contributed by atoms with Gasteiger partial charge in [-0.05, 0) is 35.9 Å². The summed E-state index contributed by atoms with van der Waals surface area (Å²) >= 11 is -0.335. The Kier molecular flexibility index (Phi) is 4.84. The van der Waals surface area contributed by atoms with Gasteiger partial charge >= 0.3 is 11.5 Å². The number of benzene rings is 1. The number of hydrogen-bond donors (Lipinski definition) is 0. The molecule has 0 unspecified atom stereocenters. The fourth-order valence-electron chi connectivity index (χ4n) is 1.56. The second kappa shape index (κ2) is 5.97. The molecule has 0 aliphatic rings. The van der Waals surface area contributed by atoms with Gasteiger partial charge in [0.1, 0.15) is 0 Å². The third-order valence-electron chi connectivity index (χ3n) is 2.33. The lowest BCUT2D eigenvalue weighted by Crippen LogP contribution is -2.07. The van der Waals surface area contributed by atoms with Crippen molar-refractivity contribution in [3.8, 4) is 6.07 Å². The highest BCUT2D eigenvalue weighted by Crippen LogP contribution is 2.40. The van der Waals surface area contributed by atoms with Crippen molar-refractivity contribution in [2.45, 2.75) is 23.7 Å². The Balaban J connectivity index is 3.41. The maximum atomic E-state index is 12.5. The van der Waals surface area contributed by atoms with Crippen LogP contribution in [0.25, 0.3) is 0 Å². The maximum absolute atomic E-state index is 12.5. The Morgan fingerprint density at radius 1 is 1.47 bits per heavy atom. The van der Waals surface area contributed by atoms with Crippen molar-refractivity contribution in [1.82, 2.24) is 0 Å². The number of methoxy groups -OCH3 is 1. The maximum Gasteiger partial charge on any atom is 0.446 e. The van der Waals surface area contributed by atoms with Gasteiger partial charge in [0, 0.05) is 4.90 Å². The zero-order chi connectivity index (χ0) is 14.6. The first-order chi connectivity index (χ1) is 8.82. The third kappa shape index (κ3) is 3.89. The SMILES string of the molecule is CCc1c(C#N)cc(C(=O)OC)cc1SC(F)(F)F. The molecule has 0 saturated carbocycles. The first-order valence-corrected chi connectivity index (χ1v) is 6.05. The van der Waals surface area contributed by atoms with Crippen LogP contribution in [0.1, 0.15) is 28.4 Å². The minimum Gasteiger partial charge on any atom is -0.465 e. The predicted octanol–water partition coefficient (Wildman–Crippen LogP) is 3.52. The third-order valence-corrected chi connectivity index (χ3v) is 3.15. The molecule has 102 valence electrons. The van der Waals surface area contributed by atoms with Crippen molar-refractivity contribution in [2.24, 2.45) is 0 Å². The first-order valence-electron chi connectivity index (χ1n) is 5.23. The number of ether oxygens (including phenoxy) is 1. The summed E-state index contributed by atoms with van der Waals surface area (Å²) in [6.07, 6.45) is 0.267. The van der Waals surface area contributed by atoms with Crippen LogP contribution in [0.5, 0.6) is 0 Å². The van der Waals surface area contributed by atoms with Gasteiger partial charge in [0.15, 0.2) is 0 Å². The number of thioether (sulfide) groups is 1. The lowest BCUT2D eigenvalue weighted by atomic mass is 10.0. The Morgan fingerprint density at radius 2 is 2.11 bits per heavy atom. The molecule has 0 spiro atoms. The summed E-state index contributed by atoms with van der Waals surface area (Å²) in [5, 5.41) is 8.96. The number of rotatable bonds is 3. The number of alkyl halides is 3. The van der Waals surface area contributed by atoms with Gasteiger partial charge in [-0.1, -0.05) is 6.92 Å². The molecule has 0 N–H and O–H groups in total. The minimum absolute atomic E-state index is 0.0529. The van der Waals surface area contributed by atoms with Crippen molar-refractivity contribution in [2.75, 3.05) is 7.11 Å². The Labute approximate surface area is 112 Å². The van der Waals surface area contributed by atoms with Gasteiger partial charge < -0.3 is 4.74 Å². The number of halogens is 3. The van der Waals surface area contributed by atoms with E-state index in [0.29, 0.717) is 0 Å². The normalized spacial score (nSPS) is 10.9. The molecule has 1 rings (SSSR count). The lowest BCUT2D eigenvalue weighted by Gasteiger charge is -2.13. The van der Waals surface area contributed by atoms with Gasteiger partial charge in [0.2, 0.25) is 0 Å². The molecule has 0 saturated heterocycles. The molecular weight excluding hydrogens is 279 g/mol. The molecule has 3 nitrogen and oxygen atoms in total. The summed E-state index contributed by atoms with van der Waals surface area (Å²) in [4.78, 5) is 11.2. The molecule has 0 aliphatic carbocycles. The van der Waals surface area contributed by atoms with E-state index in [9.17, 15) is 18.0 Å². The predicted molar refractivity (Wildman–Crippen MR) is 63.8 cm³/mol. The highest BCUT2D eigenvalue weighted by Gasteiger charge is 2.31. The van der Waals surface area contributed by atoms with E-state index in [1.165, 1.54) is 6.07 Å². The summed E-state index contributed by atoms with van der Waals surface area (Å²) in [6, 6.07) is 4.15. The second-order valence-corrected chi connectivity index (χ2v) is 4.61. The van der Waals surface area contributed by atoms with Crippen LogP contribution in [-0.2, 0) is 11.2 Å².